The van der Waals surface area contributed by atoms with Crippen LogP contribution in [0, 0.1) is 11.6 Å². The SMILES string of the molecule is Fc1ccc(Nc2nncc(N3CCN(c4ncccn4)CC3)n2)c(F)c1. The van der Waals surface area contributed by atoms with Gasteiger partial charge in [-0.25, -0.2) is 18.7 Å². The molecule has 0 spiro atoms. The minimum atomic E-state index is -0.722. The van der Waals surface area contributed by atoms with Gasteiger partial charge in [-0.2, -0.15) is 10.1 Å². The maximum atomic E-state index is 13.8. The van der Waals surface area contributed by atoms with E-state index in [9.17, 15) is 8.78 Å². The zero-order valence-corrected chi connectivity index (χ0v) is 14.3. The molecular formula is C17H16F2N8. The number of halogens is 2. The Hall–Kier alpha value is -3.43. The molecule has 138 valence electrons. The molecule has 2 aromatic heterocycles. The largest absolute Gasteiger partial charge is 0.352 e. The van der Waals surface area contributed by atoms with Crippen molar-refractivity contribution < 1.29 is 8.78 Å². The third-order valence-corrected chi connectivity index (χ3v) is 4.16. The molecule has 0 amide bonds. The van der Waals surface area contributed by atoms with E-state index in [1.807, 2.05) is 0 Å². The molecule has 0 aliphatic carbocycles. The minimum Gasteiger partial charge on any atom is -0.352 e. The van der Waals surface area contributed by atoms with Crippen molar-refractivity contribution in [3.05, 3.63) is 54.5 Å². The highest BCUT2D eigenvalue weighted by Gasteiger charge is 2.20. The Morgan fingerprint density at radius 3 is 2.44 bits per heavy atom. The van der Waals surface area contributed by atoms with Crippen molar-refractivity contribution in [1.29, 1.82) is 0 Å². The van der Waals surface area contributed by atoms with Crippen molar-refractivity contribution in [1.82, 2.24) is 25.1 Å². The van der Waals surface area contributed by atoms with E-state index < -0.39 is 11.6 Å². The molecule has 0 saturated carbocycles. The van der Waals surface area contributed by atoms with E-state index >= 15 is 0 Å². The Bertz CT molecular complexity index is 916. The van der Waals surface area contributed by atoms with Gasteiger partial charge < -0.3 is 15.1 Å². The zero-order valence-electron chi connectivity index (χ0n) is 14.3. The van der Waals surface area contributed by atoms with Crippen LogP contribution in [-0.2, 0) is 0 Å². The molecule has 0 unspecified atom stereocenters. The third-order valence-electron chi connectivity index (χ3n) is 4.16. The second kappa shape index (κ2) is 7.44. The number of piperazine rings is 1. The number of anilines is 4. The summed E-state index contributed by atoms with van der Waals surface area (Å²) in [6.07, 6.45) is 4.99. The molecule has 3 heterocycles. The van der Waals surface area contributed by atoms with Crippen molar-refractivity contribution in [3.8, 4) is 0 Å². The van der Waals surface area contributed by atoms with E-state index in [2.05, 4.69) is 40.3 Å². The van der Waals surface area contributed by atoms with E-state index in [0.717, 1.165) is 25.2 Å². The molecule has 0 bridgehead atoms. The lowest BCUT2D eigenvalue weighted by Crippen LogP contribution is -2.47. The van der Waals surface area contributed by atoms with Crippen molar-refractivity contribution in [2.45, 2.75) is 0 Å². The van der Waals surface area contributed by atoms with Gasteiger partial charge in [0.25, 0.3) is 0 Å². The van der Waals surface area contributed by atoms with E-state index in [4.69, 9.17) is 0 Å². The number of rotatable bonds is 4. The first kappa shape index (κ1) is 17.0. The predicted octanol–water partition coefficient (Wildman–Crippen LogP) is 2.01. The van der Waals surface area contributed by atoms with Gasteiger partial charge in [0.2, 0.25) is 11.9 Å². The van der Waals surface area contributed by atoms with Gasteiger partial charge in [-0.3, -0.25) is 0 Å². The fraction of sp³-hybridized carbons (Fsp3) is 0.235. The normalized spacial score (nSPS) is 14.3. The van der Waals surface area contributed by atoms with Crippen LogP contribution in [0.3, 0.4) is 0 Å². The van der Waals surface area contributed by atoms with Crippen LogP contribution in [0.5, 0.6) is 0 Å². The summed E-state index contributed by atoms with van der Waals surface area (Å²) < 4.78 is 26.8. The highest BCUT2D eigenvalue weighted by atomic mass is 19.1. The monoisotopic (exact) mass is 370 g/mol. The smallest absolute Gasteiger partial charge is 0.249 e. The first-order chi connectivity index (χ1) is 13.2. The molecular weight excluding hydrogens is 354 g/mol. The summed E-state index contributed by atoms with van der Waals surface area (Å²) in [5.74, 6) is 0.106. The molecule has 1 aromatic carbocycles. The number of nitrogens with one attached hydrogen (secondary N) is 1. The molecule has 0 radical (unpaired) electrons. The minimum absolute atomic E-state index is 0.0846. The van der Waals surface area contributed by atoms with Crippen LogP contribution in [0.4, 0.5) is 32.2 Å². The zero-order chi connectivity index (χ0) is 18.6. The van der Waals surface area contributed by atoms with Crippen molar-refractivity contribution in [3.63, 3.8) is 0 Å². The third kappa shape index (κ3) is 3.89. The Kier molecular flexibility index (Phi) is 4.69. The van der Waals surface area contributed by atoms with Gasteiger partial charge in [0.1, 0.15) is 11.6 Å². The second-order valence-electron chi connectivity index (χ2n) is 5.91. The average Bonchev–Trinajstić information content (AvgIpc) is 2.71. The summed E-state index contributed by atoms with van der Waals surface area (Å²) in [4.78, 5) is 17.1. The van der Waals surface area contributed by atoms with Gasteiger partial charge in [0.15, 0.2) is 5.82 Å². The lowest BCUT2D eigenvalue weighted by atomic mass is 10.3. The van der Waals surface area contributed by atoms with E-state index in [-0.39, 0.29) is 11.6 Å². The Balaban J connectivity index is 1.44. The fourth-order valence-electron chi connectivity index (χ4n) is 2.80. The number of nitrogens with zero attached hydrogens (tertiary/aromatic N) is 7. The molecule has 1 aliphatic heterocycles. The van der Waals surface area contributed by atoms with Crippen molar-refractivity contribution >= 4 is 23.4 Å². The van der Waals surface area contributed by atoms with Gasteiger partial charge in [0.05, 0.1) is 11.9 Å². The molecule has 1 aliphatic rings. The number of benzene rings is 1. The van der Waals surface area contributed by atoms with Gasteiger partial charge in [0, 0.05) is 44.6 Å². The fourth-order valence-corrected chi connectivity index (χ4v) is 2.80. The molecule has 3 aromatic rings. The van der Waals surface area contributed by atoms with Gasteiger partial charge in [-0.05, 0) is 18.2 Å². The average molecular weight is 370 g/mol. The number of aromatic nitrogens is 5. The summed E-state index contributed by atoms with van der Waals surface area (Å²) in [5.41, 5.74) is 0.0846. The first-order valence-corrected chi connectivity index (χ1v) is 8.38. The van der Waals surface area contributed by atoms with Gasteiger partial charge >= 0.3 is 0 Å². The topological polar surface area (TPSA) is 83.0 Å². The van der Waals surface area contributed by atoms with Crippen LogP contribution in [-0.4, -0.2) is 51.3 Å². The Morgan fingerprint density at radius 2 is 1.70 bits per heavy atom. The van der Waals surface area contributed by atoms with Gasteiger partial charge in [-0.15, -0.1) is 5.10 Å². The highest BCUT2D eigenvalue weighted by Crippen LogP contribution is 2.20. The van der Waals surface area contributed by atoms with Crippen LogP contribution < -0.4 is 15.1 Å². The molecule has 10 heteroatoms. The van der Waals surface area contributed by atoms with Crippen LogP contribution in [0.15, 0.2) is 42.9 Å². The van der Waals surface area contributed by atoms with Crippen molar-refractivity contribution in [2.24, 2.45) is 0 Å². The predicted molar refractivity (Wildman–Crippen MR) is 95.9 cm³/mol. The summed E-state index contributed by atoms with van der Waals surface area (Å²) in [7, 11) is 0. The highest BCUT2D eigenvalue weighted by molar-refractivity contribution is 5.55. The lowest BCUT2D eigenvalue weighted by molar-refractivity contribution is 0.586. The summed E-state index contributed by atoms with van der Waals surface area (Å²) in [5, 5.41) is 10.5. The lowest BCUT2D eigenvalue weighted by Gasteiger charge is -2.35. The maximum absolute atomic E-state index is 13.8. The van der Waals surface area contributed by atoms with Crippen LogP contribution >= 0.6 is 0 Å². The van der Waals surface area contributed by atoms with Crippen LogP contribution in [0.1, 0.15) is 0 Å². The first-order valence-electron chi connectivity index (χ1n) is 8.38. The standard InChI is InChI=1S/C17H16F2N8/c18-12-2-3-14(13(19)10-12)23-16-24-15(11-22-25-16)26-6-8-27(9-7-26)17-20-4-1-5-21-17/h1-5,10-11H,6-9H2,(H,23,24,25). The van der Waals surface area contributed by atoms with E-state index in [1.165, 1.54) is 6.07 Å². The van der Waals surface area contributed by atoms with Crippen LogP contribution in [0.2, 0.25) is 0 Å². The van der Waals surface area contributed by atoms with Crippen LogP contribution in [0.25, 0.3) is 0 Å². The summed E-state index contributed by atoms with van der Waals surface area (Å²) in [6.45, 7) is 2.90. The van der Waals surface area contributed by atoms with E-state index in [1.54, 1.807) is 24.7 Å². The number of hydrogen-bond acceptors (Lipinski definition) is 8. The molecule has 1 N–H and O–H groups in total. The van der Waals surface area contributed by atoms with Gasteiger partial charge in [-0.1, -0.05) is 0 Å². The molecule has 1 fully saturated rings. The molecule has 4 rings (SSSR count). The molecule has 0 atom stereocenters. The van der Waals surface area contributed by atoms with E-state index in [0.29, 0.717) is 24.9 Å². The van der Waals surface area contributed by atoms with Crippen molar-refractivity contribution in [2.75, 3.05) is 41.3 Å². The number of hydrogen-bond donors (Lipinski definition) is 1. The second-order valence-corrected chi connectivity index (χ2v) is 5.91. The Morgan fingerprint density at radius 1 is 0.963 bits per heavy atom. The molecule has 8 nitrogen and oxygen atoms in total. The molecule has 1 saturated heterocycles. The quantitative estimate of drug-likeness (QED) is 0.747. The summed E-state index contributed by atoms with van der Waals surface area (Å²) in [6, 6.07) is 5.03. The Labute approximate surface area is 153 Å². The summed E-state index contributed by atoms with van der Waals surface area (Å²) >= 11 is 0. The molecule has 27 heavy (non-hydrogen) atoms. The maximum Gasteiger partial charge on any atom is 0.249 e.